The molecule has 0 saturated carbocycles. The van der Waals surface area contributed by atoms with E-state index in [4.69, 9.17) is 4.74 Å². The minimum Gasteiger partial charge on any atom is -0.496 e. The molecule has 0 radical (unpaired) electrons. The third-order valence-corrected chi connectivity index (χ3v) is 4.61. The lowest BCUT2D eigenvalue weighted by Gasteiger charge is -2.34. The van der Waals surface area contributed by atoms with Gasteiger partial charge in [-0.1, -0.05) is 42.5 Å². The lowest BCUT2D eigenvalue weighted by atomic mass is 10.2. The molecule has 1 aliphatic heterocycles. The molecular weight excluding hydrogens is 340 g/mol. The van der Waals surface area contributed by atoms with E-state index in [2.05, 4.69) is 44.6 Å². The second-order valence-electron chi connectivity index (χ2n) is 6.57. The number of benzene rings is 2. The van der Waals surface area contributed by atoms with Crippen LogP contribution in [0, 0.1) is 0 Å². The van der Waals surface area contributed by atoms with Gasteiger partial charge >= 0.3 is 0 Å². The van der Waals surface area contributed by atoms with Gasteiger partial charge in [0.2, 0.25) is 0 Å². The molecule has 0 spiro atoms. The van der Waals surface area contributed by atoms with Crippen LogP contribution in [0.1, 0.15) is 11.1 Å². The molecule has 1 aliphatic rings. The Balaban J connectivity index is 1.40. The van der Waals surface area contributed by atoms with Crippen molar-refractivity contribution in [2.45, 2.75) is 6.54 Å². The summed E-state index contributed by atoms with van der Waals surface area (Å²) in [6, 6.07) is 18.0. The van der Waals surface area contributed by atoms with Gasteiger partial charge in [0.25, 0.3) is 5.91 Å². The summed E-state index contributed by atoms with van der Waals surface area (Å²) < 4.78 is 5.26. The van der Waals surface area contributed by atoms with E-state index in [9.17, 15) is 4.79 Å². The molecule has 0 aromatic heterocycles. The fourth-order valence-electron chi connectivity index (χ4n) is 3.13. The number of ether oxygens (including phenoxy) is 1. The summed E-state index contributed by atoms with van der Waals surface area (Å²) >= 11 is 0. The molecule has 0 atom stereocenters. The maximum atomic E-state index is 12.1. The second-order valence-corrected chi connectivity index (χ2v) is 6.57. The van der Waals surface area contributed by atoms with Crippen LogP contribution in [0.3, 0.4) is 0 Å². The molecular formula is C21H26N4O2. The minimum atomic E-state index is -0.0994. The summed E-state index contributed by atoms with van der Waals surface area (Å²) in [6.07, 6.45) is 1.61. The van der Waals surface area contributed by atoms with Crippen molar-refractivity contribution in [1.29, 1.82) is 0 Å². The molecule has 0 bridgehead atoms. The predicted octanol–water partition coefficient (Wildman–Crippen LogP) is 1.96. The van der Waals surface area contributed by atoms with Gasteiger partial charge in [0.05, 0.1) is 19.9 Å². The van der Waals surface area contributed by atoms with E-state index in [1.165, 1.54) is 5.56 Å². The Morgan fingerprint density at radius 2 is 1.70 bits per heavy atom. The quantitative estimate of drug-likeness (QED) is 0.601. The first-order valence-corrected chi connectivity index (χ1v) is 9.18. The summed E-state index contributed by atoms with van der Waals surface area (Å²) in [5, 5.41) is 4.04. The zero-order valence-electron chi connectivity index (χ0n) is 15.7. The zero-order valence-corrected chi connectivity index (χ0v) is 15.7. The molecule has 1 amide bonds. The average Bonchev–Trinajstić information content (AvgIpc) is 2.71. The van der Waals surface area contributed by atoms with Crippen molar-refractivity contribution in [2.75, 3.05) is 39.8 Å². The van der Waals surface area contributed by atoms with E-state index in [0.717, 1.165) is 44.0 Å². The van der Waals surface area contributed by atoms with Gasteiger partial charge in [-0.05, 0) is 17.7 Å². The van der Waals surface area contributed by atoms with Gasteiger partial charge in [0.15, 0.2) is 0 Å². The first-order chi connectivity index (χ1) is 13.2. The maximum absolute atomic E-state index is 12.1. The third-order valence-electron chi connectivity index (χ3n) is 4.61. The smallest absolute Gasteiger partial charge is 0.254 e. The van der Waals surface area contributed by atoms with Crippen molar-refractivity contribution in [1.82, 2.24) is 15.2 Å². The van der Waals surface area contributed by atoms with E-state index < -0.39 is 0 Å². The van der Waals surface area contributed by atoms with Crippen molar-refractivity contribution in [3.05, 3.63) is 65.7 Å². The molecule has 0 aliphatic carbocycles. The molecule has 1 saturated heterocycles. The fraction of sp³-hybridized carbons (Fsp3) is 0.333. The van der Waals surface area contributed by atoms with Crippen molar-refractivity contribution in [2.24, 2.45) is 5.10 Å². The fourth-order valence-corrected chi connectivity index (χ4v) is 3.13. The number of hydrogen-bond acceptors (Lipinski definition) is 5. The Morgan fingerprint density at radius 3 is 2.44 bits per heavy atom. The van der Waals surface area contributed by atoms with Gasteiger partial charge in [-0.3, -0.25) is 14.6 Å². The van der Waals surface area contributed by atoms with Crippen LogP contribution in [0.4, 0.5) is 0 Å². The molecule has 27 heavy (non-hydrogen) atoms. The van der Waals surface area contributed by atoms with Crippen LogP contribution in [0.2, 0.25) is 0 Å². The molecule has 3 rings (SSSR count). The number of amides is 1. The summed E-state index contributed by atoms with van der Waals surface area (Å²) in [7, 11) is 1.61. The Bertz CT molecular complexity index is 756. The molecule has 1 fully saturated rings. The number of hydrogen-bond donors (Lipinski definition) is 1. The zero-order chi connectivity index (χ0) is 18.9. The van der Waals surface area contributed by atoms with Crippen molar-refractivity contribution in [3.63, 3.8) is 0 Å². The highest BCUT2D eigenvalue weighted by atomic mass is 16.5. The van der Waals surface area contributed by atoms with E-state index in [1.807, 2.05) is 30.3 Å². The lowest BCUT2D eigenvalue weighted by molar-refractivity contribution is -0.122. The van der Waals surface area contributed by atoms with Crippen LogP contribution in [0.25, 0.3) is 0 Å². The molecule has 0 unspecified atom stereocenters. The predicted molar refractivity (Wildman–Crippen MR) is 107 cm³/mol. The number of piperazine rings is 1. The number of carbonyl (C=O) groups excluding carboxylic acids is 1. The van der Waals surface area contributed by atoms with Crippen LogP contribution in [0.15, 0.2) is 59.7 Å². The number of para-hydroxylation sites is 1. The molecule has 2 aromatic carbocycles. The van der Waals surface area contributed by atoms with Gasteiger partial charge in [-0.2, -0.15) is 5.10 Å². The topological polar surface area (TPSA) is 57.2 Å². The highest BCUT2D eigenvalue weighted by Crippen LogP contribution is 2.14. The number of carbonyl (C=O) groups is 1. The SMILES string of the molecule is COc1ccccc1/C=N/NC(=O)CN1CCN(Cc2ccccc2)CC1. The molecule has 2 aromatic rings. The van der Waals surface area contributed by atoms with Gasteiger partial charge < -0.3 is 4.74 Å². The van der Waals surface area contributed by atoms with E-state index in [1.54, 1.807) is 13.3 Å². The molecule has 142 valence electrons. The standard InChI is InChI=1S/C21H26N4O2/c1-27-20-10-6-5-9-19(20)15-22-23-21(26)17-25-13-11-24(12-14-25)16-18-7-3-2-4-8-18/h2-10,15H,11-14,16-17H2,1H3,(H,23,26)/b22-15+. The van der Waals surface area contributed by atoms with E-state index >= 15 is 0 Å². The highest BCUT2D eigenvalue weighted by Gasteiger charge is 2.18. The summed E-state index contributed by atoms with van der Waals surface area (Å²) in [5.41, 5.74) is 4.76. The second kappa shape index (κ2) is 9.85. The summed E-state index contributed by atoms with van der Waals surface area (Å²) in [4.78, 5) is 16.7. The minimum absolute atomic E-state index is 0.0994. The van der Waals surface area contributed by atoms with Crippen LogP contribution in [0.5, 0.6) is 5.75 Å². The average molecular weight is 366 g/mol. The van der Waals surface area contributed by atoms with Crippen molar-refractivity contribution in [3.8, 4) is 5.75 Å². The third kappa shape index (κ3) is 5.91. The lowest BCUT2D eigenvalue weighted by Crippen LogP contribution is -2.48. The van der Waals surface area contributed by atoms with Crippen molar-refractivity contribution < 1.29 is 9.53 Å². The van der Waals surface area contributed by atoms with Gasteiger partial charge in [-0.25, -0.2) is 5.43 Å². The van der Waals surface area contributed by atoms with E-state index in [0.29, 0.717) is 6.54 Å². The number of methoxy groups -OCH3 is 1. The summed E-state index contributed by atoms with van der Waals surface area (Å²) in [6.45, 7) is 5.03. The monoisotopic (exact) mass is 366 g/mol. The summed E-state index contributed by atoms with van der Waals surface area (Å²) in [5.74, 6) is 0.627. The number of rotatable bonds is 7. The maximum Gasteiger partial charge on any atom is 0.254 e. The Kier molecular flexibility index (Phi) is 6.96. The number of hydrazone groups is 1. The van der Waals surface area contributed by atoms with Gasteiger partial charge in [0.1, 0.15) is 5.75 Å². The van der Waals surface area contributed by atoms with Gasteiger partial charge in [-0.15, -0.1) is 0 Å². The van der Waals surface area contributed by atoms with Gasteiger partial charge in [0, 0.05) is 38.3 Å². The number of nitrogens with zero attached hydrogens (tertiary/aromatic N) is 3. The Hall–Kier alpha value is -2.70. The molecule has 6 nitrogen and oxygen atoms in total. The highest BCUT2D eigenvalue weighted by molar-refractivity contribution is 5.85. The van der Waals surface area contributed by atoms with Crippen LogP contribution >= 0.6 is 0 Å². The molecule has 1 N–H and O–H groups in total. The largest absolute Gasteiger partial charge is 0.496 e. The first-order valence-electron chi connectivity index (χ1n) is 9.18. The number of nitrogens with one attached hydrogen (secondary N) is 1. The Morgan fingerprint density at radius 1 is 1.04 bits per heavy atom. The first kappa shape index (κ1) is 19.1. The van der Waals surface area contributed by atoms with E-state index in [-0.39, 0.29) is 5.91 Å². The van der Waals surface area contributed by atoms with Crippen molar-refractivity contribution >= 4 is 12.1 Å². The van der Waals surface area contributed by atoms with Crippen LogP contribution in [-0.2, 0) is 11.3 Å². The Labute approximate surface area is 160 Å². The molecule has 6 heteroatoms. The normalized spacial score (nSPS) is 15.7. The van der Waals surface area contributed by atoms with Crippen LogP contribution in [-0.4, -0.2) is 61.8 Å². The van der Waals surface area contributed by atoms with Crippen LogP contribution < -0.4 is 10.2 Å². The molecule has 1 heterocycles.